The van der Waals surface area contributed by atoms with Crippen LogP contribution in [0.1, 0.15) is 6.42 Å². The molecule has 0 aliphatic carbocycles. The van der Waals surface area contributed by atoms with Crippen molar-refractivity contribution in [3.63, 3.8) is 0 Å². The van der Waals surface area contributed by atoms with Gasteiger partial charge in [0.05, 0.1) is 21.5 Å². The van der Waals surface area contributed by atoms with Crippen LogP contribution in [-0.2, 0) is 19.6 Å². The molecule has 0 aromatic heterocycles. The lowest BCUT2D eigenvalue weighted by molar-refractivity contribution is -0.141. The van der Waals surface area contributed by atoms with Crippen LogP contribution in [0.15, 0.2) is 47.4 Å². The molecule has 1 amide bonds. The Hall–Kier alpha value is -2.65. The van der Waals surface area contributed by atoms with E-state index >= 15 is 0 Å². The van der Waals surface area contributed by atoms with Gasteiger partial charge in [-0.3, -0.25) is 14.3 Å². The van der Waals surface area contributed by atoms with Crippen LogP contribution >= 0.6 is 11.6 Å². The Labute approximate surface area is 159 Å². The van der Waals surface area contributed by atoms with Crippen LogP contribution in [0.5, 0.6) is 0 Å². The first-order valence-electron chi connectivity index (χ1n) is 7.78. The molecule has 27 heavy (non-hydrogen) atoms. The predicted octanol–water partition coefficient (Wildman–Crippen LogP) is 2.72. The number of nitrogens with one attached hydrogen (secondary N) is 1. The van der Waals surface area contributed by atoms with Crippen LogP contribution in [0.2, 0.25) is 5.02 Å². The molecule has 2 aromatic carbocycles. The van der Waals surface area contributed by atoms with Gasteiger partial charge in [0, 0.05) is 18.7 Å². The highest BCUT2D eigenvalue weighted by molar-refractivity contribution is 7.92. The molecule has 0 radical (unpaired) electrons. The fourth-order valence-corrected chi connectivity index (χ4v) is 3.93. The number of carbonyl (C=O) groups excluding carboxylic acids is 1. The van der Waals surface area contributed by atoms with Crippen LogP contribution in [0, 0.1) is 11.7 Å². The minimum atomic E-state index is -3.95. The second-order valence-corrected chi connectivity index (χ2v) is 8.06. The van der Waals surface area contributed by atoms with E-state index in [0.717, 1.165) is 12.1 Å². The molecule has 1 saturated heterocycles. The molecule has 2 N–H and O–H groups in total. The SMILES string of the molecule is O=C(O)[C@H]1CC(=O)N(c2ccc(S(=O)(=O)Nc3ccc(F)c(Cl)c3)cc2)C1. The molecule has 0 bridgehead atoms. The number of aliphatic carboxylic acids is 1. The highest BCUT2D eigenvalue weighted by Crippen LogP contribution is 2.27. The second kappa shape index (κ2) is 7.16. The van der Waals surface area contributed by atoms with Crippen LogP contribution in [0.4, 0.5) is 15.8 Å². The van der Waals surface area contributed by atoms with Crippen LogP contribution < -0.4 is 9.62 Å². The first kappa shape index (κ1) is 19.1. The van der Waals surface area contributed by atoms with Crippen molar-refractivity contribution >= 4 is 44.9 Å². The Balaban J connectivity index is 1.79. The van der Waals surface area contributed by atoms with Crippen molar-refractivity contribution in [1.29, 1.82) is 0 Å². The maximum atomic E-state index is 13.2. The first-order valence-corrected chi connectivity index (χ1v) is 9.64. The lowest BCUT2D eigenvalue weighted by Gasteiger charge is -2.16. The van der Waals surface area contributed by atoms with Crippen LogP contribution in [0.25, 0.3) is 0 Å². The highest BCUT2D eigenvalue weighted by Gasteiger charge is 2.35. The fourth-order valence-electron chi connectivity index (χ4n) is 2.70. The molecule has 142 valence electrons. The summed E-state index contributed by atoms with van der Waals surface area (Å²) in [6, 6.07) is 8.87. The molecule has 10 heteroatoms. The Morgan fingerprint density at radius 1 is 1.22 bits per heavy atom. The average molecular weight is 413 g/mol. The molecular formula is C17H14ClFN2O5S. The third-order valence-electron chi connectivity index (χ3n) is 4.10. The summed E-state index contributed by atoms with van der Waals surface area (Å²) in [5.41, 5.74) is 0.511. The molecule has 2 aromatic rings. The molecule has 0 unspecified atom stereocenters. The Bertz CT molecular complexity index is 1010. The van der Waals surface area contributed by atoms with Gasteiger partial charge in [-0.2, -0.15) is 0 Å². The number of hydrogen-bond donors (Lipinski definition) is 2. The third-order valence-corrected chi connectivity index (χ3v) is 5.79. The van der Waals surface area contributed by atoms with Crippen molar-refractivity contribution in [2.75, 3.05) is 16.2 Å². The summed E-state index contributed by atoms with van der Waals surface area (Å²) >= 11 is 5.64. The van der Waals surface area contributed by atoms with E-state index < -0.39 is 27.7 Å². The molecule has 3 rings (SSSR count). The standard InChI is InChI=1S/C17H14ClFN2O5S/c18-14-8-11(1-6-15(14)19)20-27(25,26)13-4-2-12(3-5-13)21-9-10(17(23)24)7-16(21)22/h1-6,8,10,20H,7,9H2,(H,23,24)/t10-/m0/s1. The number of amides is 1. The quantitative estimate of drug-likeness (QED) is 0.785. The van der Waals surface area contributed by atoms with Crippen LogP contribution in [0.3, 0.4) is 0 Å². The van der Waals surface area contributed by atoms with Gasteiger partial charge in [0.25, 0.3) is 10.0 Å². The molecule has 1 aliphatic heterocycles. The van der Waals surface area contributed by atoms with E-state index in [1.165, 1.54) is 35.2 Å². The van der Waals surface area contributed by atoms with Crippen molar-refractivity contribution in [3.8, 4) is 0 Å². The van der Waals surface area contributed by atoms with E-state index in [2.05, 4.69) is 4.72 Å². The zero-order valence-electron chi connectivity index (χ0n) is 13.7. The van der Waals surface area contributed by atoms with Crippen molar-refractivity contribution in [2.45, 2.75) is 11.3 Å². The second-order valence-electron chi connectivity index (χ2n) is 5.97. The van der Waals surface area contributed by atoms with Crippen LogP contribution in [-0.4, -0.2) is 31.9 Å². The Kier molecular flexibility index (Phi) is 5.07. The summed E-state index contributed by atoms with van der Waals surface area (Å²) in [5.74, 6) is -2.84. The number of nitrogens with zero attached hydrogens (tertiary/aromatic N) is 1. The maximum Gasteiger partial charge on any atom is 0.308 e. The smallest absolute Gasteiger partial charge is 0.308 e. The largest absolute Gasteiger partial charge is 0.481 e. The number of anilines is 2. The number of carboxylic acid groups (broad SMARTS) is 1. The van der Waals surface area contributed by atoms with E-state index in [9.17, 15) is 22.4 Å². The highest BCUT2D eigenvalue weighted by atomic mass is 35.5. The summed E-state index contributed by atoms with van der Waals surface area (Å²) in [6.07, 6.45) is -0.0950. The zero-order valence-corrected chi connectivity index (χ0v) is 15.3. The summed E-state index contributed by atoms with van der Waals surface area (Å²) in [5, 5.41) is 8.81. The van der Waals surface area contributed by atoms with E-state index in [4.69, 9.17) is 16.7 Å². The van der Waals surface area contributed by atoms with Gasteiger partial charge in [-0.15, -0.1) is 0 Å². The first-order chi connectivity index (χ1) is 12.7. The predicted molar refractivity (Wildman–Crippen MR) is 96.8 cm³/mol. The number of carbonyl (C=O) groups is 2. The van der Waals surface area contributed by atoms with Gasteiger partial charge in [0.1, 0.15) is 5.82 Å². The minimum Gasteiger partial charge on any atom is -0.481 e. The van der Waals surface area contributed by atoms with Crippen molar-refractivity contribution < 1.29 is 27.5 Å². The van der Waals surface area contributed by atoms with Gasteiger partial charge < -0.3 is 10.0 Å². The molecule has 7 nitrogen and oxygen atoms in total. The van der Waals surface area contributed by atoms with Crippen molar-refractivity contribution in [2.24, 2.45) is 5.92 Å². The molecule has 1 fully saturated rings. The number of hydrogen-bond acceptors (Lipinski definition) is 4. The van der Waals surface area contributed by atoms with E-state index in [-0.39, 0.29) is 34.5 Å². The third kappa shape index (κ3) is 4.04. The zero-order chi connectivity index (χ0) is 19.8. The van der Waals surface area contributed by atoms with Gasteiger partial charge >= 0.3 is 5.97 Å². The number of sulfonamides is 1. The number of rotatable bonds is 5. The maximum absolute atomic E-state index is 13.2. The van der Waals surface area contributed by atoms with Crippen molar-refractivity contribution in [3.05, 3.63) is 53.3 Å². The summed E-state index contributed by atoms with van der Waals surface area (Å²) in [7, 11) is -3.95. The molecule has 1 atom stereocenters. The van der Waals surface area contributed by atoms with Gasteiger partial charge in [-0.05, 0) is 42.5 Å². The molecule has 0 saturated carbocycles. The Morgan fingerprint density at radius 3 is 2.44 bits per heavy atom. The molecule has 1 heterocycles. The van der Waals surface area contributed by atoms with Gasteiger partial charge in [-0.1, -0.05) is 11.6 Å². The molecule has 0 spiro atoms. The van der Waals surface area contributed by atoms with Crippen molar-refractivity contribution in [1.82, 2.24) is 0 Å². The summed E-state index contributed by atoms with van der Waals surface area (Å²) < 4.78 is 40.3. The van der Waals surface area contributed by atoms with Gasteiger partial charge in [0.2, 0.25) is 5.91 Å². The molecular weight excluding hydrogens is 399 g/mol. The van der Waals surface area contributed by atoms with Gasteiger partial charge in [0.15, 0.2) is 0 Å². The monoisotopic (exact) mass is 412 g/mol. The van der Waals surface area contributed by atoms with E-state index in [0.29, 0.717) is 5.69 Å². The topological polar surface area (TPSA) is 104 Å². The number of benzene rings is 2. The summed E-state index contributed by atoms with van der Waals surface area (Å²) in [4.78, 5) is 24.2. The lowest BCUT2D eigenvalue weighted by atomic mass is 10.1. The van der Waals surface area contributed by atoms with E-state index in [1.807, 2.05) is 0 Å². The number of carboxylic acids is 1. The lowest BCUT2D eigenvalue weighted by Crippen LogP contribution is -2.25. The molecule has 1 aliphatic rings. The summed E-state index contributed by atoms with van der Waals surface area (Å²) in [6.45, 7) is 0.0343. The average Bonchev–Trinajstić information content (AvgIpc) is 3.00. The Morgan fingerprint density at radius 2 is 1.89 bits per heavy atom. The fraction of sp³-hybridized carbons (Fsp3) is 0.176. The van der Waals surface area contributed by atoms with E-state index in [1.54, 1.807) is 0 Å². The number of halogens is 2. The normalized spacial score (nSPS) is 17.2. The van der Waals surface area contributed by atoms with Gasteiger partial charge in [-0.25, -0.2) is 12.8 Å². The minimum absolute atomic E-state index is 0.0343.